The van der Waals surface area contributed by atoms with Crippen molar-refractivity contribution < 1.29 is 23.7 Å². The van der Waals surface area contributed by atoms with Gasteiger partial charge in [-0.3, -0.25) is 4.79 Å². The molecule has 0 aliphatic heterocycles. The minimum atomic E-state index is -0.147. The number of hydrogen-bond acceptors (Lipinski definition) is 6. The Balaban J connectivity index is 1.84. The van der Waals surface area contributed by atoms with E-state index in [1.807, 2.05) is 0 Å². The number of methoxy groups -OCH3 is 1. The molecule has 1 rings (SSSR count). The quantitative estimate of drug-likeness (QED) is 0.334. The van der Waals surface area contributed by atoms with Crippen molar-refractivity contribution in [2.45, 2.75) is 19.3 Å². The zero-order chi connectivity index (χ0) is 14.0. The first-order valence-electron chi connectivity index (χ1n) is 6.63. The molecule has 0 bridgehead atoms. The van der Waals surface area contributed by atoms with E-state index in [0.29, 0.717) is 46.1 Å². The van der Waals surface area contributed by atoms with Crippen LogP contribution in [0.15, 0.2) is 0 Å². The maximum atomic E-state index is 11.5. The maximum absolute atomic E-state index is 11.5. The third kappa shape index (κ3) is 7.77. The third-order valence-electron chi connectivity index (χ3n) is 3.11. The molecular weight excluding hydrogens is 268 g/mol. The summed E-state index contributed by atoms with van der Waals surface area (Å²) < 4.78 is 20.4. The lowest BCUT2D eigenvalue weighted by molar-refractivity contribution is -0.146. The number of hydrogen-bond donors (Lipinski definition) is 1. The highest BCUT2D eigenvalue weighted by Crippen LogP contribution is 2.49. The van der Waals surface area contributed by atoms with Crippen LogP contribution >= 0.6 is 12.6 Å². The Bertz CT molecular complexity index is 255. The Hall–Kier alpha value is -0.300. The van der Waals surface area contributed by atoms with Crippen molar-refractivity contribution in [3.63, 3.8) is 0 Å². The van der Waals surface area contributed by atoms with E-state index in [4.69, 9.17) is 18.9 Å². The molecule has 0 aromatic heterocycles. The van der Waals surface area contributed by atoms with Crippen LogP contribution in [-0.4, -0.2) is 58.5 Å². The second kappa shape index (κ2) is 9.58. The summed E-state index contributed by atoms with van der Waals surface area (Å²) in [6, 6.07) is 0. The van der Waals surface area contributed by atoms with Crippen LogP contribution in [0, 0.1) is 5.41 Å². The van der Waals surface area contributed by atoms with Gasteiger partial charge >= 0.3 is 5.97 Å². The Labute approximate surface area is 120 Å². The first kappa shape index (κ1) is 16.8. The average Bonchev–Trinajstić information content (AvgIpc) is 3.17. The van der Waals surface area contributed by atoms with Gasteiger partial charge in [-0.1, -0.05) is 0 Å². The molecule has 0 atom stereocenters. The fourth-order valence-corrected chi connectivity index (χ4v) is 2.03. The highest BCUT2D eigenvalue weighted by Gasteiger charge is 2.43. The molecule has 112 valence electrons. The van der Waals surface area contributed by atoms with Crippen LogP contribution in [0.25, 0.3) is 0 Å². The van der Waals surface area contributed by atoms with Gasteiger partial charge < -0.3 is 18.9 Å². The summed E-state index contributed by atoms with van der Waals surface area (Å²) in [6.45, 7) is 2.90. The fourth-order valence-electron chi connectivity index (χ4n) is 1.60. The minimum Gasteiger partial charge on any atom is -0.463 e. The number of esters is 1. The number of rotatable bonds is 12. The van der Waals surface area contributed by atoms with Gasteiger partial charge in [0, 0.05) is 7.11 Å². The molecule has 1 aliphatic carbocycles. The van der Waals surface area contributed by atoms with Gasteiger partial charge in [-0.2, -0.15) is 12.6 Å². The van der Waals surface area contributed by atoms with E-state index in [-0.39, 0.29) is 11.4 Å². The van der Waals surface area contributed by atoms with Gasteiger partial charge in [0.05, 0.1) is 39.5 Å². The summed E-state index contributed by atoms with van der Waals surface area (Å²) >= 11 is 4.26. The maximum Gasteiger partial charge on any atom is 0.306 e. The molecule has 0 radical (unpaired) electrons. The van der Waals surface area contributed by atoms with Gasteiger partial charge in [0.1, 0.15) is 6.61 Å². The van der Waals surface area contributed by atoms with Crippen LogP contribution < -0.4 is 0 Å². The molecular formula is C13H24O5S. The zero-order valence-electron chi connectivity index (χ0n) is 11.6. The van der Waals surface area contributed by atoms with Crippen molar-refractivity contribution in [2.24, 2.45) is 5.41 Å². The van der Waals surface area contributed by atoms with E-state index in [9.17, 15) is 4.79 Å². The monoisotopic (exact) mass is 292 g/mol. The van der Waals surface area contributed by atoms with Crippen LogP contribution in [0.5, 0.6) is 0 Å². The molecule has 0 aromatic carbocycles. The van der Waals surface area contributed by atoms with Crippen molar-refractivity contribution in [3.05, 3.63) is 0 Å². The normalized spacial score (nSPS) is 16.3. The summed E-state index contributed by atoms with van der Waals surface area (Å²) in [5.74, 6) is 0.615. The van der Waals surface area contributed by atoms with Crippen molar-refractivity contribution in [2.75, 3.05) is 52.5 Å². The van der Waals surface area contributed by atoms with Crippen LogP contribution in [0.4, 0.5) is 0 Å². The smallest absolute Gasteiger partial charge is 0.306 e. The second-order valence-electron chi connectivity index (χ2n) is 4.77. The highest BCUT2D eigenvalue weighted by molar-refractivity contribution is 7.80. The molecule has 1 saturated carbocycles. The Morgan fingerprint density at radius 2 is 1.63 bits per heavy atom. The van der Waals surface area contributed by atoms with E-state index >= 15 is 0 Å². The fraction of sp³-hybridized carbons (Fsp3) is 0.923. The summed E-state index contributed by atoms with van der Waals surface area (Å²) in [5, 5.41) is 0. The molecule has 0 saturated heterocycles. The molecule has 0 aromatic rings. The molecule has 1 fully saturated rings. The Morgan fingerprint density at radius 1 is 1.05 bits per heavy atom. The van der Waals surface area contributed by atoms with Gasteiger partial charge in [0.15, 0.2) is 0 Å². The van der Waals surface area contributed by atoms with E-state index in [0.717, 1.165) is 18.6 Å². The molecule has 1 aliphatic rings. The van der Waals surface area contributed by atoms with Gasteiger partial charge in [-0.05, 0) is 24.0 Å². The van der Waals surface area contributed by atoms with Gasteiger partial charge in [-0.25, -0.2) is 0 Å². The lowest BCUT2D eigenvalue weighted by Gasteiger charge is -2.11. The molecule has 19 heavy (non-hydrogen) atoms. The Morgan fingerprint density at radius 3 is 2.16 bits per heavy atom. The predicted octanol–water partition coefficient (Wildman–Crippen LogP) is 1.31. The van der Waals surface area contributed by atoms with Crippen molar-refractivity contribution >= 4 is 18.6 Å². The van der Waals surface area contributed by atoms with Crippen LogP contribution in [-0.2, 0) is 23.7 Å². The Kier molecular flexibility index (Phi) is 8.45. The van der Waals surface area contributed by atoms with Crippen molar-refractivity contribution in [1.29, 1.82) is 0 Å². The average molecular weight is 292 g/mol. The van der Waals surface area contributed by atoms with E-state index in [1.54, 1.807) is 7.11 Å². The third-order valence-corrected chi connectivity index (χ3v) is 3.78. The summed E-state index contributed by atoms with van der Waals surface area (Å²) in [5.41, 5.74) is 0.121. The summed E-state index contributed by atoms with van der Waals surface area (Å²) in [6.07, 6.45) is 2.65. The van der Waals surface area contributed by atoms with Gasteiger partial charge in [0.25, 0.3) is 0 Å². The first-order valence-corrected chi connectivity index (χ1v) is 7.26. The van der Waals surface area contributed by atoms with Gasteiger partial charge in [0.2, 0.25) is 0 Å². The molecule has 0 N–H and O–H groups in total. The predicted molar refractivity (Wildman–Crippen MR) is 74.6 cm³/mol. The molecule has 0 amide bonds. The number of carbonyl (C=O) groups excluding carboxylic acids is 1. The number of ether oxygens (including phenoxy) is 4. The zero-order valence-corrected chi connectivity index (χ0v) is 12.5. The number of carbonyl (C=O) groups is 1. The largest absolute Gasteiger partial charge is 0.463 e. The molecule has 5 nitrogen and oxygen atoms in total. The summed E-state index contributed by atoms with van der Waals surface area (Å²) in [4.78, 5) is 11.5. The van der Waals surface area contributed by atoms with Crippen LogP contribution in [0.1, 0.15) is 19.3 Å². The minimum absolute atomic E-state index is 0.121. The lowest BCUT2D eigenvalue weighted by atomic mass is 10.1. The molecule has 0 heterocycles. The van der Waals surface area contributed by atoms with Crippen LogP contribution in [0.2, 0.25) is 0 Å². The molecule has 6 heteroatoms. The van der Waals surface area contributed by atoms with Crippen molar-refractivity contribution in [3.8, 4) is 0 Å². The van der Waals surface area contributed by atoms with Gasteiger partial charge in [-0.15, -0.1) is 0 Å². The van der Waals surface area contributed by atoms with E-state index in [2.05, 4.69) is 12.6 Å². The highest BCUT2D eigenvalue weighted by atomic mass is 32.1. The van der Waals surface area contributed by atoms with Crippen molar-refractivity contribution in [1.82, 2.24) is 0 Å². The lowest BCUT2D eigenvalue weighted by Crippen LogP contribution is -2.17. The second-order valence-corrected chi connectivity index (χ2v) is 5.09. The first-order chi connectivity index (χ1) is 9.22. The number of thiol groups is 1. The summed E-state index contributed by atoms with van der Waals surface area (Å²) in [7, 11) is 1.63. The molecule has 0 unspecified atom stereocenters. The standard InChI is InChI=1S/C13H24O5S/c1-15-4-5-16-6-7-17-8-9-18-12(14)10-13(11-19)2-3-13/h19H,2-11H2,1H3. The molecule has 0 spiro atoms. The topological polar surface area (TPSA) is 54.0 Å². The van der Waals surface area contributed by atoms with Crippen LogP contribution in [0.3, 0.4) is 0 Å². The van der Waals surface area contributed by atoms with E-state index < -0.39 is 0 Å². The van der Waals surface area contributed by atoms with E-state index in [1.165, 1.54) is 0 Å². The SMILES string of the molecule is COCCOCCOCCOC(=O)CC1(CS)CC1.